The van der Waals surface area contributed by atoms with Crippen LogP contribution in [0.5, 0.6) is 11.5 Å². The van der Waals surface area contributed by atoms with Gasteiger partial charge in [-0.2, -0.15) is 0 Å². The smallest absolute Gasteiger partial charge is 0.338 e. The van der Waals surface area contributed by atoms with Gasteiger partial charge in [-0.3, -0.25) is 4.79 Å². The first-order valence-electron chi connectivity index (χ1n) is 9.30. The van der Waals surface area contributed by atoms with Crippen LogP contribution < -0.4 is 14.8 Å². The van der Waals surface area contributed by atoms with Gasteiger partial charge < -0.3 is 24.3 Å². The predicted molar refractivity (Wildman–Crippen MR) is 110 cm³/mol. The maximum Gasteiger partial charge on any atom is 0.338 e. The summed E-state index contributed by atoms with van der Waals surface area (Å²) < 4.78 is 21.3. The van der Waals surface area contributed by atoms with E-state index in [9.17, 15) is 9.59 Å². The molecule has 2 aromatic rings. The second kappa shape index (κ2) is 10.5. The van der Waals surface area contributed by atoms with Gasteiger partial charge in [0.2, 0.25) is 0 Å². The normalized spacial score (nSPS) is 11.5. The van der Waals surface area contributed by atoms with Crippen molar-refractivity contribution in [1.29, 1.82) is 0 Å². The van der Waals surface area contributed by atoms with E-state index in [1.54, 1.807) is 37.4 Å². The monoisotopic (exact) mass is 401 g/mol. The summed E-state index contributed by atoms with van der Waals surface area (Å²) in [7, 11) is 3.07. The van der Waals surface area contributed by atoms with E-state index in [1.165, 1.54) is 14.0 Å². The van der Waals surface area contributed by atoms with E-state index in [1.807, 2.05) is 19.9 Å². The molecular weight excluding hydrogens is 374 g/mol. The third-order valence-corrected chi connectivity index (χ3v) is 4.24. The van der Waals surface area contributed by atoms with Crippen LogP contribution in [0, 0.1) is 6.92 Å². The number of amides is 1. The molecule has 0 aromatic heterocycles. The summed E-state index contributed by atoms with van der Waals surface area (Å²) in [6.07, 6.45) is -0.995. The summed E-state index contributed by atoms with van der Waals surface area (Å²) in [4.78, 5) is 25.0. The molecule has 1 N–H and O–H groups in total. The van der Waals surface area contributed by atoms with Gasteiger partial charge in [0.05, 0.1) is 32.1 Å². The molecule has 0 saturated heterocycles. The minimum Gasteiger partial charge on any atom is -0.496 e. The van der Waals surface area contributed by atoms with Gasteiger partial charge >= 0.3 is 5.97 Å². The summed E-state index contributed by atoms with van der Waals surface area (Å²) in [5.74, 6) is 0.0834. The summed E-state index contributed by atoms with van der Waals surface area (Å²) in [6, 6.07) is 10.3. The Balaban J connectivity index is 2.08. The number of carbonyl (C=O) groups excluding carboxylic acids is 2. The third kappa shape index (κ3) is 5.96. The first-order valence-corrected chi connectivity index (χ1v) is 9.30. The first-order chi connectivity index (χ1) is 13.9. The van der Waals surface area contributed by atoms with Crippen LogP contribution >= 0.6 is 0 Å². The van der Waals surface area contributed by atoms with E-state index in [4.69, 9.17) is 18.9 Å². The molecule has 1 amide bonds. The van der Waals surface area contributed by atoms with Gasteiger partial charge in [-0.15, -0.1) is 0 Å². The van der Waals surface area contributed by atoms with E-state index in [2.05, 4.69) is 5.32 Å². The zero-order valence-electron chi connectivity index (χ0n) is 17.4. The molecule has 156 valence electrons. The summed E-state index contributed by atoms with van der Waals surface area (Å²) >= 11 is 0. The van der Waals surface area contributed by atoms with Crippen LogP contribution in [0.4, 0.5) is 5.69 Å². The van der Waals surface area contributed by atoms with Gasteiger partial charge in [0.25, 0.3) is 5.91 Å². The third-order valence-electron chi connectivity index (χ3n) is 4.24. The van der Waals surface area contributed by atoms with Crippen molar-refractivity contribution < 1.29 is 28.5 Å². The SMILES string of the molecule is CCOCc1cc(C(=O)O[C@@H](C)C(=O)Nc2cc(C)ccc2OC)ccc1OC. The molecule has 1 atom stereocenters. The van der Waals surface area contributed by atoms with Crippen LogP contribution in [-0.2, 0) is 20.9 Å². The fourth-order valence-electron chi connectivity index (χ4n) is 2.67. The number of methoxy groups -OCH3 is 2. The zero-order valence-corrected chi connectivity index (χ0v) is 17.4. The zero-order chi connectivity index (χ0) is 21.4. The van der Waals surface area contributed by atoms with Crippen LogP contribution in [0.2, 0.25) is 0 Å². The highest BCUT2D eigenvalue weighted by atomic mass is 16.5. The van der Waals surface area contributed by atoms with E-state index in [0.717, 1.165) is 11.1 Å². The molecule has 0 unspecified atom stereocenters. The molecular formula is C22H27NO6. The van der Waals surface area contributed by atoms with E-state index in [0.29, 0.717) is 36.0 Å². The van der Waals surface area contributed by atoms with Gasteiger partial charge in [-0.05, 0) is 56.7 Å². The Morgan fingerprint density at radius 3 is 2.38 bits per heavy atom. The molecule has 2 aromatic carbocycles. The number of carbonyl (C=O) groups is 2. The molecule has 7 heteroatoms. The van der Waals surface area contributed by atoms with Crippen molar-refractivity contribution in [3.8, 4) is 11.5 Å². The minimum atomic E-state index is -0.995. The van der Waals surface area contributed by atoms with Crippen molar-refractivity contribution in [2.75, 3.05) is 26.1 Å². The van der Waals surface area contributed by atoms with Gasteiger partial charge in [0.1, 0.15) is 11.5 Å². The second-order valence-corrected chi connectivity index (χ2v) is 6.40. The van der Waals surface area contributed by atoms with Gasteiger partial charge in [0, 0.05) is 12.2 Å². The number of ether oxygens (including phenoxy) is 4. The highest BCUT2D eigenvalue weighted by Crippen LogP contribution is 2.26. The molecule has 7 nitrogen and oxygen atoms in total. The Kier molecular flexibility index (Phi) is 8.03. The maximum absolute atomic E-state index is 12.5. The Morgan fingerprint density at radius 1 is 1.03 bits per heavy atom. The standard InChI is InChI=1S/C22H27NO6/c1-6-28-13-17-12-16(8-10-19(17)26-4)22(25)29-15(3)21(24)23-18-11-14(2)7-9-20(18)27-5/h7-12,15H,6,13H2,1-5H3,(H,23,24)/t15-/m0/s1. The largest absolute Gasteiger partial charge is 0.496 e. The molecule has 0 aliphatic rings. The van der Waals surface area contributed by atoms with Crippen molar-refractivity contribution >= 4 is 17.6 Å². The van der Waals surface area contributed by atoms with Gasteiger partial charge in [0.15, 0.2) is 6.10 Å². The van der Waals surface area contributed by atoms with E-state index in [-0.39, 0.29) is 0 Å². The highest BCUT2D eigenvalue weighted by molar-refractivity contribution is 5.98. The maximum atomic E-state index is 12.5. The second-order valence-electron chi connectivity index (χ2n) is 6.40. The Bertz CT molecular complexity index is 864. The molecule has 0 aliphatic heterocycles. The van der Waals surface area contributed by atoms with E-state index >= 15 is 0 Å². The molecule has 0 radical (unpaired) electrons. The van der Waals surface area contributed by atoms with Crippen LogP contribution in [0.25, 0.3) is 0 Å². The van der Waals surface area contributed by atoms with Crippen LogP contribution in [0.15, 0.2) is 36.4 Å². The Hall–Kier alpha value is -3.06. The lowest BCUT2D eigenvalue weighted by atomic mass is 10.1. The van der Waals surface area contributed by atoms with Crippen LogP contribution in [-0.4, -0.2) is 38.8 Å². The molecule has 0 saturated carbocycles. The molecule has 0 heterocycles. The first kappa shape index (κ1) is 22.2. The average molecular weight is 401 g/mol. The van der Waals surface area contributed by atoms with Crippen molar-refractivity contribution in [2.45, 2.75) is 33.5 Å². The van der Waals surface area contributed by atoms with Crippen LogP contribution in [0.1, 0.15) is 35.3 Å². The van der Waals surface area contributed by atoms with Crippen molar-refractivity contribution in [2.24, 2.45) is 0 Å². The lowest BCUT2D eigenvalue weighted by molar-refractivity contribution is -0.123. The van der Waals surface area contributed by atoms with E-state index < -0.39 is 18.0 Å². The number of anilines is 1. The molecule has 0 fully saturated rings. The Morgan fingerprint density at radius 2 is 1.72 bits per heavy atom. The quantitative estimate of drug-likeness (QED) is 0.645. The average Bonchev–Trinajstić information content (AvgIpc) is 2.72. The fourth-order valence-corrected chi connectivity index (χ4v) is 2.67. The molecule has 0 bridgehead atoms. The number of benzene rings is 2. The molecule has 0 aliphatic carbocycles. The Labute approximate surface area is 170 Å². The highest BCUT2D eigenvalue weighted by Gasteiger charge is 2.21. The number of rotatable bonds is 9. The predicted octanol–water partition coefficient (Wildman–Crippen LogP) is 3.73. The number of esters is 1. The van der Waals surface area contributed by atoms with Crippen molar-refractivity contribution in [1.82, 2.24) is 0 Å². The summed E-state index contributed by atoms with van der Waals surface area (Å²) in [5, 5.41) is 2.74. The summed E-state index contributed by atoms with van der Waals surface area (Å²) in [5.41, 5.74) is 2.52. The molecule has 0 spiro atoms. The lowest BCUT2D eigenvalue weighted by Crippen LogP contribution is -2.30. The topological polar surface area (TPSA) is 83.1 Å². The fraction of sp³-hybridized carbons (Fsp3) is 0.364. The number of hydrogen-bond acceptors (Lipinski definition) is 6. The van der Waals surface area contributed by atoms with Gasteiger partial charge in [-0.25, -0.2) is 4.79 Å². The van der Waals surface area contributed by atoms with Gasteiger partial charge in [-0.1, -0.05) is 6.07 Å². The summed E-state index contributed by atoms with van der Waals surface area (Å²) in [6.45, 7) is 6.15. The van der Waals surface area contributed by atoms with Crippen molar-refractivity contribution in [3.63, 3.8) is 0 Å². The van der Waals surface area contributed by atoms with Crippen LogP contribution in [0.3, 0.4) is 0 Å². The molecule has 29 heavy (non-hydrogen) atoms. The number of aryl methyl sites for hydroxylation is 1. The number of nitrogens with one attached hydrogen (secondary N) is 1. The minimum absolute atomic E-state index is 0.310. The lowest BCUT2D eigenvalue weighted by Gasteiger charge is -2.16. The molecule has 2 rings (SSSR count). The number of hydrogen-bond donors (Lipinski definition) is 1. The van der Waals surface area contributed by atoms with Crippen molar-refractivity contribution in [3.05, 3.63) is 53.1 Å².